The number of hydrogen-bond donors (Lipinski definition) is 1. The first-order valence-electron chi connectivity index (χ1n) is 7.84. The summed E-state index contributed by atoms with van der Waals surface area (Å²) in [5.41, 5.74) is 10.1. The summed E-state index contributed by atoms with van der Waals surface area (Å²) in [4.78, 5) is 2.37. The minimum Gasteiger partial charge on any atom is -0.355 e. The second-order valence-electron chi connectivity index (χ2n) is 6.49. The Kier molecular flexibility index (Phi) is 4.63. The standard InChI is InChI=1S/C16H28N4/c1-5-12-13(11-17)15(19-18-14(12)6-2)20-9-7-16(3,4)8-10-20/h5-11,17H2,1-4H3. The van der Waals surface area contributed by atoms with Crippen molar-refractivity contribution in [2.45, 2.75) is 59.9 Å². The van der Waals surface area contributed by atoms with E-state index in [9.17, 15) is 0 Å². The minimum atomic E-state index is 0.448. The lowest BCUT2D eigenvalue weighted by Gasteiger charge is -2.38. The summed E-state index contributed by atoms with van der Waals surface area (Å²) in [6.07, 6.45) is 4.32. The molecule has 1 fully saturated rings. The number of rotatable bonds is 4. The molecule has 0 aliphatic carbocycles. The summed E-state index contributed by atoms with van der Waals surface area (Å²) < 4.78 is 0. The van der Waals surface area contributed by atoms with E-state index in [1.165, 1.54) is 24.0 Å². The van der Waals surface area contributed by atoms with E-state index in [1.54, 1.807) is 0 Å². The highest BCUT2D eigenvalue weighted by Gasteiger charge is 2.28. The molecular formula is C16H28N4. The summed E-state index contributed by atoms with van der Waals surface area (Å²) in [5, 5.41) is 8.94. The molecule has 0 unspecified atom stereocenters. The first kappa shape index (κ1) is 15.2. The van der Waals surface area contributed by atoms with Gasteiger partial charge in [0.1, 0.15) is 0 Å². The number of anilines is 1. The molecule has 4 heteroatoms. The van der Waals surface area contributed by atoms with E-state index in [2.05, 4.69) is 42.8 Å². The van der Waals surface area contributed by atoms with Crippen LogP contribution in [0.4, 0.5) is 5.82 Å². The normalized spacial score (nSPS) is 18.4. The molecule has 1 aliphatic rings. The van der Waals surface area contributed by atoms with Gasteiger partial charge < -0.3 is 10.6 Å². The van der Waals surface area contributed by atoms with Gasteiger partial charge in [0, 0.05) is 25.2 Å². The lowest BCUT2D eigenvalue weighted by molar-refractivity contribution is 0.278. The highest BCUT2D eigenvalue weighted by atomic mass is 15.3. The van der Waals surface area contributed by atoms with Crippen LogP contribution in [0.3, 0.4) is 0 Å². The van der Waals surface area contributed by atoms with Gasteiger partial charge in [-0.25, -0.2) is 0 Å². The van der Waals surface area contributed by atoms with Crippen molar-refractivity contribution in [1.82, 2.24) is 10.2 Å². The molecule has 0 bridgehead atoms. The van der Waals surface area contributed by atoms with Crippen LogP contribution in [0.15, 0.2) is 0 Å². The van der Waals surface area contributed by atoms with Crippen LogP contribution >= 0.6 is 0 Å². The Morgan fingerprint density at radius 3 is 2.20 bits per heavy atom. The van der Waals surface area contributed by atoms with Crippen LogP contribution in [0.1, 0.15) is 57.4 Å². The highest BCUT2D eigenvalue weighted by molar-refractivity contribution is 5.51. The van der Waals surface area contributed by atoms with Gasteiger partial charge in [-0.2, -0.15) is 5.10 Å². The molecular weight excluding hydrogens is 248 g/mol. The maximum absolute atomic E-state index is 6.02. The van der Waals surface area contributed by atoms with Gasteiger partial charge in [0.05, 0.1) is 5.69 Å². The largest absolute Gasteiger partial charge is 0.355 e. The van der Waals surface area contributed by atoms with Crippen molar-refractivity contribution < 1.29 is 0 Å². The van der Waals surface area contributed by atoms with Gasteiger partial charge in [-0.1, -0.05) is 27.7 Å². The summed E-state index contributed by atoms with van der Waals surface area (Å²) in [6, 6.07) is 0. The molecule has 1 saturated heterocycles. The second kappa shape index (κ2) is 6.08. The highest BCUT2D eigenvalue weighted by Crippen LogP contribution is 2.33. The molecule has 1 aliphatic heterocycles. The molecule has 4 nitrogen and oxygen atoms in total. The number of piperidine rings is 1. The van der Waals surface area contributed by atoms with Gasteiger partial charge in [-0.3, -0.25) is 0 Å². The van der Waals surface area contributed by atoms with Crippen LogP contribution < -0.4 is 10.6 Å². The smallest absolute Gasteiger partial charge is 0.156 e. The molecule has 0 radical (unpaired) electrons. The van der Waals surface area contributed by atoms with Crippen molar-refractivity contribution in [3.05, 3.63) is 16.8 Å². The Morgan fingerprint density at radius 1 is 1.05 bits per heavy atom. The summed E-state index contributed by atoms with van der Waals surface area (Å²) in [5.74, 6) is 1.03. The molecule has 1 aromatic rings. The third kappa shape index (κ3) is 2.95. The summed E-state index contributed by atoms with van der Waals surface area (Å²) in [6.45, 7) is 11.7. The maximum Gasteiger partial charge on any atom is 0.156 e. The van der Waals surface area contributed by atoms with Crippen LogP contribution in [0.25, 0.3) is 0 Å². The van der Waals surface area contributed by atoms with Crippen LogP contribution in [-0.4, -0.2) is 23.3 Å². The van der Waals surface area contributed by atoms with E-state index in [0.29, 0.717) is 12.0 Å². The molecule has 20 heavy (non-hydrogen) atoms. The lowest BCUT2D eigenvalue weighted by Crippen LogP contribution is -2.39. The molecule has 0 atom stereocenters. The Balaban J connectivity index is 2.33. The Bertz CT molecular complexity index is 458. The molecule has 1 aromatic heterocycles. The fourth-order valence-corrected chi connectivity index (χ4v) is 3.03. The molecule has 2 heterocycles. The van der Waals surface area contributed by atoms with Crippen LogP contribution in [-0.2, 0) is 19.4 Å². The number of nitrogens with zero attached hydrogens (tertiary/aromatic N) is 3. The van der Waals surface area contributed by atoms with Gasteiger partial charge in [-0.15, -0.1) is 5.10 Å². The van der Waals surface area contributed by atoms with Gasteiger partial charge in [0.2, 0.25) is 0 Å². The summed E-state index contributed by atoms with van der Waals surface area (Å²) >= 11 is 0. The van der Waals surface area contributed by atoms with Crippen molar-refractivity contribution in [2.75, 3.05) is 18.0 Å². The Labute approximate surface area is 122 Å². The fourth-order valence-electron chi connectivity index (χ4n) is 3.03. The Morgan fingerprint density at radius 2 is 1.70 bits per heavy atom. The van der Waals surface area contributed by atoms with E-state index < -0.39 is 0 Å². The maximum atomic E-state index is 6.02. The quantitative estimate of drug-likeness (QED) is 0.918. The van der Waals surface area contributed by atoms with Gasteiger partial charge in [0.25, 0.3) is 0 Å². The third-order valence-corrected chi connectivity index (χ3v) is 4.56. The fraction of sp³-hybridized carbons (Fsp3) is 0.750. The van der Waals surface area contributed by atoms with E-state index in [4.69, 9.17) is 5.73 Å². The van der Waals surface area contributed by atoms with Crippen molar-refractivity contribution in [1.29, 1.82) is 0 Å². The van der Waals surface area contributed by atoms with Gasteiger partial charge >= 0.3 is 0 Å². The van der Waals surface area contributed by atoms with Crippen molar-refractivity contribution in [3.63, 3.8) is 0 Å². The van der Waals surface area contributed by atoms with Crippen molar-refractivity contribution >= 4 is 5.82 Å². The molecule has 2 rings (SSSR count). The summed E-state index contributed by atoms with van der Waals surface area (Å²) in [7, 11) is 0. The van der Waals surface area contributed by atoms with Crippen molar-refractivity contribution in [3.8, 4) is 0 Å². The van der Waals surface area contributed by atoms with E-state index in [1.807, 2.05) is 0 Å². The van der Waals surface area contributed by atoms with Crippen LogP contribution in [0.5, 0.6) is 0 Å². The van der Waals surface area contributed by atoms with Gasteiger partial charge in [0.15, 0.2) is 5.82 Å². The number of hydrogen-bond acceptors (Lipinski definition) is 4. The number of aromatic nitrogens is 2. The molecule has 0 saturated carbocycles. The lowest BCUT2D eigenvalue weighted by atomic mass is 9.82. The molecule has 0 amide bonds. The molecule has 2 N–H and O–H groups in total. The molecule has 0 aromatic carbocycles. The average molecular weight is 276 g/mol. The zero-order valence-electron chi connectivity index (χ0n) is 13.4. The van der Waals surface area contributed by atoms with E-state index in [-0.39, 0.29) is 0 Å². The molecule has 112 valence electrons. The number of aryl methyl sites for hydroxylation is 1. The van der Waals surface area contributed by atoms with E-state index in [0.717, 1.165) is 37.4 Å². The first-order chi connectivity index (χ1) is 9.52. The Hall–Kier alpha value is -1.16. The zero-order chi connectivity index (χ0) is 14.8. The number of nitrogens with two attached hydrogens (primary N) is 1. The second-order valence-corrected chi connectivity index (χ2v) is 6.49. The minimum absolute atomic E-state index is 0.448. The van der Waals surface area contributed by atoms with Gasteiger partial charge in [-0.05, 0) is 36.7 Å². The topological polar surface area (TPSA) is 55.0 Å². The average Bonchev–Trinajstić information content (AvgIpc) is 2.45. The zero-order valence-corrected chi connectivity index (χ0v) is 13.4. The monoisotopic (exact) mass is 276 g/mol. The molecule has 0 spiro atoms. The first-order valence-corrected chi connectivity index (χ1v) is 7.84. The predicted octanol–water partition coefficient (Wildman–Crippen LogP) is 2.69. The van der Waals surface area contributed by atoms with Crippen LogP contribution in [0.2, 0.25) is 0 Å². The third-order valence-electron chi connectivity index (χ3n) is 4.56. The van der Waals surface area contributed by atoms with Crippen molar-refractivity contribution in [2.24, 2.45) is 11.1 Å². The van der Waals surface area contributed by atoms with Crippen LogP contribution in [0, 0.1) is 5.41 Å². The SMILES string of the molecule is CCc1nnc(N2CCC(C)(C)CC2)c(CN)c1CC. The van der Waals surface area contributed by atoms with E-state index >= 15 is 0 Å². The predicted molar refractivity (Wildman–Crippen MR) is 83.9 cm³/mol.